The van der Waals surface area contributed by atoms with Gasteiger partial charge in [-0.2, -0.15) is 0 Å². The van der Waals surface area contributed by atoms with Crippen LogP contribution in [-0.4, -0.2) is 36.4 Å². The lowest BCUT2D eigenvalue weighted by Gasteiger charge is -2.11. The topological polar surface area (TPSA) is 37.7 Å². The van der Waals surface area contributed by atoms with Crippen molar-refractivity contribution in [2.24, 2.45) is 4.99 Å². The Kier molecular flexibility index (Phi) is 7.64. The van der Waals surface area contributed by atoms with E-state index in [2.05, 4.69) is 64.9 Å². The average Bonchev–Trinajstić information content (AvgIpc) is 2.58. The summed E-state index contributed by atoms with van der Waals surface area (Å²) in [6.07, 6.45) is 3.78. The van der Waals surface area contributed by atoms with Crippen LogP contribution in [-0.2, 0) is 6.42 Å². The molecule has 1 aromatic carbocycles. The number of rotatable bonds is 8. The number of nitrogens with zero attached hydrogens (tertiary/aromatic N) is 3. The molecule has 140 valence electrons. The molecular weight excluding hydrogens is 390 g/mol. The third kappa shape index (κ3) is 6.13. The molecule has 0 unspecified atom stereocenters. The molecule has 0 amide bonds. The molecule has 2 rings (SSSR count). The van der Waals surface area contributed by atoms with Gasteiger partial charge in [-0.3, -0.25) is 0 Å². The highest BCUT2D eigenvalue weighted by Crippen LogP contribution is 2.29. The van der Waals surface area contributed by atoms with Gasteiger partial charge in [0, 0.05) is 13.6 Å². The highest BCUT2D eigenvalue weighted by atomic mass is 79.9. The fourth-order valence-electron chi connectivity index (χ4n) is 2.68. The molecule has 0 aliphatic heterocycles. The van der Waals surface area contributed by atoms with Gasteiger partial charge in [-0.05, 0) is 68.1 Å². The van der Waals surface area contributed by atoms with Crippen LogP contribution in [0.3, 0.4) is 0 Å². The van der Waals surface area contributed by atoms with E-state index >= 15 is 0 Å². The number of ether oxygens (including phenoxy) is 1. The number of aliphatic imine (C=N–C) groups is 1. The summed E-state index contributed by atoms with van der Waals surface area (Å²) >= 11 is 3.55. The van der Waals surface area contributed by atoms with Crippen LogP contribution in [0.5, 0.6) is 5.88 Å². The van der Waals surface area contributed by atoms with E-state index in [0.717, 1.165) is 35.2 Å². The van der Waals surface area contributed by atoms with Crippen molar-refractivity contribution in [3.63, 3.8) is 0 Å². The fourth-order valence-corrected chi connectivity index (χ4v) is 3.10. The summed E-state index contributed by atoms with van der Waals surface area (Å²) in [4.78, 5) is 11.1. The third-order valence-electron chi connectivity index (χ3n) is 4.13. The number of hydrogen-bond donors (Lipinski definition) is 0. The summed E-state index contributed by atoms with van der Waals surface area (Å²) in [6.45, 7) is 9.87. The van der Waals surface area contributed by atoms with E-state index in [4.69, 9.17) is 4.74 Å². The maximum absolute atomic E-state index is 5.88. The van der Waals surface area contributed by atoms with E-state index in [0.29, 0.717) is 12.5 Å². The van der Waals surface area contributed by atoms with E-state index in [1.165, 1.54) is 16.7 Å². The largest absolute Gasteiger partial charge is 0.477 e. The first-order valence-electron chi connectivity index (χ1n) is 9.00. The molecule has 1 heterocycles. The lowest BCUT2D eigenvalue weighted by Crippen LogP contribution is -2.14. The second-order valence-electron chi connectivity index (χ2n) is 6.65. The Balaban J connectivity index is 1.93. The first-order valence-corrected chi connectivity index (χ1v) is 9.80. The highest BCUT2D eigenvalue weighted by molar-refractivity contribution is 9.10. The molecule has 26 heavy (non-hydrogen) atoms. The molecule has 5 heteroatoms. The zero-order chi connectivity index (χ0) is 19.1. The first-order chi connectivity index (χ1) is 12.4. The monoisotopic (exact) mass is 417 g/mol. The molecule has 2 aromatic rings. The van der Waals surface area contributed by atoms with Crippen LogP contribution in [0.4, 0.5) is 5.69 Å². The molecule has 1 aromatic heterocycles. The third-order valence-corrected chi connectivity index (χ3v) is 4.70. The number of benzene rings is 1. The van der Waals surface area contributed by atoms with Gasteiger partial charge in [-0.25, -0.2) is 9.98 Å². The van der Waals surface area contributed by atoms with Gasteiger partial charge in [0.2, 0.25) is 5.88 Å². The zero-order valence-electron chi connectivity index (χ0n) is 16.3. The van der Waals surface area contributed by atoms with Crippen LogP contribution in [0.25, 0.3) is 0 Å². The summed E-state index contributed by atoms with van der Waals surface area (Å²) in [5.41, 5.74) is 5.69. The van der Waals surface area contributed by atoms with Crippen LogP contribution in [0, 0.1) is 20.8 Å². The van der Waals surface area contributed by atoms with E-state index in [1.54, 1.807) is 0 Å². The fraction of sp³-hybridized carbons (Fsp3) is 0.429. The van der Waals surface area contributed by atoms with Crippen molar-refractivity contribution < 1.29 is 4.74 Å². The van der Waals surface area contributed by atoms with Gasteiger partial charge in [-0.1, -0.05) is 29.3 Å². The Morgan fingerprint density at radius 2 is 1.85 bits per heavy atom. The predicted molar refractivity (Wildman–Crippen MR) is 113 cm³/mol. The Labute approximate surface area is 165 Å². The van der Waals surface area contributed by atoms with Crippen LogP contribution >= 0.6 is 15.9 Å². The summed E-state index contributed by atoms with van der Waals surface area (Å²) in [6, 6.07) is 8.64. The minimum Gasteiger partial charge on any atom is -0.477 e. The van der Waals surface area contributed by atoms with Gasteiger partial charge in [0.15, 0.2) is 0 Å². The normalized spacial score (nSPS) is 11.2. The number of pyridine rings is 1. The number of aryl methyl sites for hydroxylation is 4. The molecule has 0 saturated carbocycles. The molecule has 0 aliphatic carbocycles. The van der Waals surface area contributed by atoms with Crippen molar-refractivity contribution in [2.45, 2.75) is 40.5 Å². The maximum Gasteiger partial charge on any atom is 0.228 e. The van der Waals surface area contributed by atoms with Gasteiger partial charge in [0.25, 0.3) is 0 Å². The quantitative estimate of drug-likeness (QED) is 0.328. The SMILES string of the molecule is CCN(C)C=Nc1cc(Br)c(OCCCc2cc(C)cc(C)c2)nc1C. The number of halogens is 1. The molecule has 0 saturated heterocycles. The van der Waals surface area contributed by atoms with Crippen molar-refractivity contribution in [3.05, 3.63) is 51.1 Å². The van der Waals surface area contributed by atoms with Gasteiger partial charge in [0.1, 0.15) is 0 Å². The van der Waals surface area contributed by atoms with Crippen molar-refractivity contribution in [1.29, 1.82) is 0 Å². The Morgan fingerprint density at radius 3 is 2.50 bits per heavy atom. The second-order valence-corrected chi connectivity index (χ2v) is 7.50. The molecule has 0 radical (unpaired) electrons. The van der Waals surface area contributed by atoms with E-state index in [-0.39, 0.29) is 0 Å². The molecule has 0 N–H and O–H groups in total. The molecular formula is C21H28BrN3O. The Bertz CT molecular complexity index is 754. The van der Waals surface area contributed by atoms with Gasteiger partial charge >= 0.3 is 0 Å². The smallest absolute Gasteiger partial charge is 0.228 e. The number of hydrogen-bond acceptors (Lipinski definition) is 3. The Morgan fingerprint density at radius 1 is 1.15 bits per heavy atom. The maximum atomic E-state index is 5.88. The lowest BCUT2D eigenvalue weighted by atomic mass is 10.0. The molecule has 0 aliphatic rings. The minimum atomic E-state index is 0.630. The van der Waals surface area contributed by atoms with Crippen molar-refractivity contribution >= 4 is 28.0 Å². The standard InChI is InChI=1S/C21H28BrN3O/c1-6-25(5)14-23-20-13-19(22)21(24-17(20)4)26-9-7-8-18-11-15(2)10-16(3)12-18/h10-14H,6-9H2,1-5H3. The minimum absolute atomic E-state index is 0.630. The Hall–Kier alpha value is -1.88. The summed E-state index contributed by atoms with van der Waals surface area (Å²) < 4.78 is 6.72. The van der Waals surface area contributed by atoms with Gasteiger partial charge < -0.3 is 9.64 Å². The molecule has 4 nitrogen and oxygen atoms in total. The first kappa shape index (κ1) is 20.4. The summed E-state index contributed by atoms with van der Waals surface area (Å²) in [5, 5.41) is 0. The highest BCUT2D eigenvalue weighted by Gasteiger charge is 2.08. The predicted octanol–water partition coefficient (Wildman–Crippen LogP) is 5.39. The van der Waals surface area contributed by atoms with Crippen LogP contribution in [0.15, 0.2) is 33.7 Å². The molecule has 0 fully saturated rings. The van der Waals surface area contributed by atoms with Crippen molar-refractivity contribution in [3.8, 4) is 5.88 Å². The number of aromatic nitrogens is 1. The van der Waals surface area contributed by atoms with E-state index < -0.39 is 0 Å². The molecule has 0 spiro atoms. The zero-order valence-corrected chi connectivity index (χ0v) is 17.9. The van der Waals surface area contributed by atoms with Crippen molar-refractivity contribution in [1.82, 2.24) is 9.88 Å². The summed E-state index contributed by atoms with van der Waals surface area (Å²) in [7, 11) is 1.99. The van der Waals surface area contributed by atoms with Crippen LogP contribution in [0.2, 0.25) is 0 Å². The van der Waals surface area contributed by atoms with Gasteiger partial charge in [-0.15, -0.1) is 0 Å². The lowest BCUT2D eigenvalue weighted by molar-refractivity contribution is 0.297. The molecule has 0 atom stereocenters. The van der Waals surface area contributed by atoms with Crippen LogP contribution in [0.1, 0.15) is 35.7 Å². The van der Waals surface area contributed by atoms with Crippen LogP contribution < -0.4 is 4.74 Å². The van der Waals surface area contributed by atoms with Crippen molar-refractivity contribution in [2.75, 3.05) is 20.2 Å². The molecule has 0 bridgehead atoms. The van der Waals surface area contributed by atoms with E-state index in [1.807, 2.05) is 31.3 Å². The summed E-state index contributed by atoms with van der Waals surface area (Å²) in [5.74, 6) is 0.630. The van der Waals surface area contributed by atoms with E-state index in [9.17, 15) is 0 Å². The average molecular weight is 418 g/mol. The second kappa shape index (κ2) is 9.72. The van der Waals surface area contributed by atoms with Gasteiger partial charge in [0.05, 0.1) is 28.8 Å².